The normalized spacial score (nSPS) is 4.17. The average Bonchev–Trinajstić information content (AvgIpc) is 0.811. The van der Waals surface area contributed by atoms with E-state index < -0.39 is 15.4 Å². The van der Waals surface area contributed by atoms with Crippen LogP contribution in [-0.2, 0) is 39.8 Å². The van der Waals surface area contributed by atoms with Gasteiger partial charge in [0, 0.05) is 17.1 Å². The van der Waals surface area contributed by atoms with Crippen molar-refractivity contribution in [3.05, 3.63) is 0 Å². The van der Waals surface area contributed by atoms with E-state index in [2.05, 4.69) is 0 Å². The third kappa shape index (κ3) is 38.8. The van der Waals surface area contributed by atoms with Crippen LogP contribution in [0.5, 0.6) is 0 Å². The third-order valence-corrected chi connectivity index (χ3v) is 0. The zero-order valence-corrected chi connectivity index (χ0v) is 4.35. The fourth-order valence-electron chi connectivity index (χ4n) is 0. The Balaban J connectivity index is -0.0000000450. The minimum atomic E-state index is -3.69. The van der Waals surface area contributed by atoms with Crippen molar-refractivity contribution in [2.24, 2.45) is 0 Å². The second kappa shape index (κ2) is 10.0. The fourth-order valence-corrected chi connectivity index (χ4v) is 0. The Labute approximate surface area is 80.3 Å². The molecule has 0 aromatic heterocycles. The molecule has 0 aliphatic heterocycles. The molecule has 0 aliphatic carbocycles. The molecule has 1 radical (unpaired) electrons. The molecular formula is H3CaCuO3V. The summed E-state index contributed by atoms with van der Waals surface area (Å²) in [6, 6.07) is 0. The van der Waals surface area contributed by atoms with Crippen LogP contribution < -0.4 is 0 Å². The fraction of sp³-hybridized carbons (Fsp3) is 0. The van der Waals surface area contributed by atoms with Crippen LogP contribution in [0, 0.1) is 0 Å². The Morgan fingerprint density at radius 2 is 1.33 bits per heavy atom. The van der Waals surface area contributed by atoms with E-state index in [4.69, 9.17) is 11.4 Å². The van der Waals surface area contributed by atoms with Gasteiger partial charge in [0.05, 0.1) is 0 Å². The summed E-state index contributed by atoms with van der Waals surface area (Å²) in [6.07, 6.45) is 0. The summed E-state index contributed by atoms with van der Waals surface area (Å²) in [4.78, 5) is 0. The topological polar surface area (TPSA) is 54.4 Å². The zero-order chi connectivity index (χ0) is 3.58. The summed E-state index contributed by atoms with van der Waals surface area (Å²) in [7, 11) is 0. The molecule has 0 aliphatic rings. The van der Waals surface area contributed by atoms with Gasteiger partial charge in [0.2, 0.25) is 0 Å². The molecule has 0 bridgehead atoms. The molecule has 0 fully saturated rings. The standard InChI is InChI=1S/Ca.Cu.H2O.2O.V.2H/h;;1H2;;;;;/q;;;;;+1;;/p-1. The Kier molecular flexibility index (Phi) is 26.2. The molecule has 6 heavy (non-hydrogen) atoms. The molecule has 0 rings (SSSR count). The van der Waals surface area contributed by atoms with Crippen molar-refractivity contribution in [2.75, 3.05) is 0 Å². The van der Waals surface area contributed by atoms with Crippen LogP contribution >= 0.6 is 0 Å². The second-order valence-electron chi connectivity index (χ2n) is 0.238. The van der Waals surface area contributed by atoms with Crippen molar-refractivity contribution in [3.63, 3.8) is 0 Å². The van der Waals surface area contributed by atoms with E-state index in [0.717, 1.165) is 0 Å². The summed E-state index contributed by atoms with van der Waals surface area (Å²) in [5.41, 5.74) is 0. The van der Waals surface area contributed by atoms with Gasteiger partial charge in [-0.15, -0.1) is 0 Å². The van der Waals surface area contributed by atoms with E-state index in [1.54, 1.807) is 0 Å². The van der Waals surface area contributed by atoms with Gasteiger partial charge in [-0.3, -0.25) is 0 Å². The summed E-state index contributed by atoms with van der Waals surface area (Å²) < 4.78 is 24.4. The van der Waals surface area contributed by atoms with Crippen LogP contribution in [0.3, 0.4) is 0 Å². The predicted octanol–water partition coefficient (Wildman–Crippen LogP) is -1.72. The van der Waals surface area contributed by atoms with Crippen LogP contribution in [0.1, 0.15) is 0 Å². The summed E-state index contributed by atoms with van der Waals surface area (Å²) in [6.45, 7) is 0. The third-order valence-electron chi connectivity index (χ3n) is 0. The van der Waals surface area contributed by atoms with Gasteiger partial charge in [-0.05, 0) is 0 Å². The molecule has 0 spiro atoms. The van der Waals surface area contributed by atoms with E-state index >= 15 is 0 Å². The number of hydrogen-bond acceptors (Lipinski definition) is 2. The van der Waals surface area contributed by atoms with E-state index in [1.807, 2.05) is 0 Å². The first-order chi connectivity index (χ1) is 1.73. The molecule has 0 atom stereocenters. The molecule has 0 amide bonds. The summed E-state index contributed by atoms with van der Waals surface area (Å²) in [5.74, 6) is 0. The Morgan fingerprint density at radius 1 is 1.33 bits per heavy atom. The van der Waals surface area contributed by atoms with Crippen molar-refractivity contribution in [2.45, 2.75) is 0 Å². The van der Waals surface area contributed by atoms with Gasteiger partial charge in [-0.2, -0.15) is 0 Å². The van der Waals surface area contributed by atoms with Gasteiger partial charge < -0.3 is 0 Å². The van der Waals surface area contributed by atoms with Crippen molar-refractivity contribution in [3.8, 4) is 0 Å². The molecule has 0 unspecified atom stereocenters. The first-order valence-electron chi connectivity index (χ1n) is 0.565. The summed E-state index contributed by atoms with van der Waals surface area (Å²) in [5, 5.41) is 0. The summed E-state index contributed by atoms with van der Waals surface area (Å²) >= 11 is -3.69. The van der Waals surface area contributed by atoms with Crippen LogP contribution in [0.2, 0.25) is 0 Å². The van der Waals surface area contributed by atoms with Crippen molar-refractivity contribution >= 4 is 37.7 Å². The monoisotopic (exact) mass is 205 g/mol. The SMILES string of the molecule is [CaH2].[Cu].[O]=[V](=[O])[OH]. The quantitative estimate of drug-likeness (QED) is 0.479. The molecule has 1 N–H and O–H groups in total. The zero-order valence-electron chi connectivity index (χ0n) is 2.01. The molecule has 6 heteroatoms. The van der Waals surface area contributed by atoms with Crippen molar-refractivity contribution in [1.82, 2.24) is 0 Å². The van der Waals surface area contributed by atoms with Crippen LogP contribution in [0.4, 0.5) is 0 Å². The molecule has 0 aromatic carbocycles. The molecule has 0 heterocycles. The minimum absolute atomic E-state index is 0. The Hall–Kier alpha value is 1.92. The molecule has 39 valence electrons. The first-order valence-corrected chi connectivity index (χ1v) is 2.33. The van der Waals surface area contributed by atoms with Crippen LogP contribution in [0.15, 0.2) is 0 Å². The van der Waals surface area contributed by atoms with E-state index in [9.17, 15) is 0 Å². The Bertz CT molecular complexity index is 59.2. The van der Waals surface area contributed by atoms with Crippen molar-refractivity contribution < 1.29 is 43.8 Å². The van der Waals surface area contributed by atoms with E-state index in [1.165, 1.54) is 0 Å². The second-order valence-corrected chi connectivity index (χ2v) is 0.981. The molecule has 0 saturated carbocycles. The predicted molar refractivity (Wildman–Crippen MR) is 12.1 cm³/mol. The number of hydrogen-bond donors (Lipinski definition) is 1. The molecule has 3 nitrogen and oxygen atoms in total. The van der Waals surface area contributed by atoms with Gasteiger partial charge in [0.1, 0.15) is 0 Å². The molecule has 0 saturated heterocycles. The van der Waals surface area contributed by atoms with Crippen LogP contribution in [-0.4, -0.2) is 41.8 Å². The maximum atomic E-state index is 8.67. The first kappa shape index (κ1) is 15.7. The molecular weight excluding hydrogens is 203 g/mol. The van der Waals surface area contributed by atoms with E-state index in [0.29, 0.717) is 0 Å². The maximum absolute atomic E-state index is 8.67. The van der Waals surface area contributed by atoms with Gasteiger partial charge in [-0.25, -0.2) is 0 Å². The number of rotatable bonds is 0. The Morgan fingerprint density at radius 3 is 1.33 bits per heavy atom. The van der Waals surface area contributed by atoms with Crippen molar-refractivity contribution in [1.29, 1.82) is 0 Å². The van der Waals surface area contributed by atoms with Gasteiger partial charge in [-0.1, -0.05) is 0 Å². The van der Waals surface area contributed by atoms with Gasteiger partial charge in [0.25, 0.3) is 0 Å². The van der Waals surface area contributed by atoms with Gasteiger partial charge >= 0.3 is 64.5 Å². The average molecular weight is 206 g/mol. The van der Waals surface area contributed by atoms with E-state index in [-0.39, 0.29) is 54.8 Å². The van der Waals surface area contributed by atoms with Crippen LogP contribution in [0.25, 0.3) is 0 Å². The van der Waals surface area contributed by atoms with Gasteiger partial charge in [0.15, 0.2) is 0 Å². The molecule has 0 aromatic rings.